The number of amides is 5. The van der Waals surface area contributed by atoms with Crippen molar-refractivity contribution in [1.29, 1.82) is 5.41 Å². The van der Waals surface area contributed by atoms with Crippen LogP contribution in [0.1, 0.15) is 160 Å². The fraction of sp³-hybridized carbons (Fsp3) is 0.698. The topological polar surface area (TPSA) is 237 Å². The fourth-order valence-corrected chi connectivity index (χ4v) is 13.1. The number of thiophene rings is 1. The Morgan fingerprint density at radius 3 is 2.35 bits per heavy atom. The van der Waals surface area contributed by atoms with E-state index < -0.39 is 59.2 Å². The molecule has 17 nitrogen and oxygen atoms in total. The number of Topliss-reactive ketones (excluding diaryl/α,β-unsaturated/α-hetero) is 1. The van der Waals surface area contributed by atoms with E-state index in [1.807, 2.05) is 66.1 Å². The van der Waals surface area contributed by atoms with E-state index in [-0.39, 0.29) is 96.1 Å². The van der Waals surface area contributed by atoms with Crippen LogP contribution in [0.2, 0.25) is 0 Å². The Bertz CT molecular complexity index is 2210. The molecule has 2 fully saturated rings. The van der Waals surface area contributed by atoms with E-state index in [0.29, 0.717) is 50.0 Å². The Morgan fingerprint density at radius 2 is 1.73 bits per heavy atom. The first-order chi connectivity index (χ1) is 35.2. The van der Waals surface area contributed by atoms with Crippen molar-refractivity contribution in [1.82, 2.24) is 30.3 Å². The molecule has 3 unspecified atom stereocenters. The number of esters is 1. The number of hydrogen-bond donors (Lipinski definition) is 4. The molecule has 74 heavy (non-hydrogen) atoms. The number of hydrogen-bond acceptors (Lipinski definition) is 16. The number of thioether (sulfide) groups is 2. The van der Waals surface area contributed by atoms with E-state index in [0.717, 1.165) is 47.8 Å². The van der Waals surface area contributed by atoms with Crippen LogP contribution >= 0.6 is 46.2 Å². The second-order valence-corrected chi connectivity index (χ2v) is 24.6. The first kappa shape index (κ1) is 62.4. The van der Waals surface area contributed by atoms with Gasteiger partial charge in [-0.1, -0.05) is 73.8 Å². The number of thiazole rings is 1. The molecule has 2 aliphatic heterocycles. The smallest absolute Gasteiger partial charge is 0.326 e. The van der Waals surface area contributed by atoms with Gasteiger partial charge >= 0.3 is 11.9 Å². The molecule has 9 atom stereocenters. The van der Waals surface area contributed by atoms with Crippen LogP contribution in [0.25, 0.3) is 0 Å². The quantitative estimate of drug-likeness (QED) is 0.0172. The Morgan fingerprint density at radius 1 is 1.00 bits per heavy atom. The summed E-state index contributed by atoms with van der Waals surface area (Å²) in [4.78, 5) is 119. The summed E-state index contributed by atoms with van der Waals surface area (Å²) >= 11 is 5.36. The number of aliphatic carboxylic acids is 1. The van der Waals surface area contributed by atoms with Gasteiger partial charge in [-0.15, -0.1) is 46.2 Å². The average Bonchev–Trinajstić information content (AvgIpc) is 4.14. The van der Waals surface area contributed by atoms with Gasteiger partial charge in [-0.25, -0.2) is 9.78 Å². The third-order valence-electron chi connectivity index (χ3n) is 14.3. The van der Waals surface area contributed by atoms with Gasteiger partial charge in [-0.2, -0.15) is 0 Å². The van der Waals surface area contributed by atoms with E-state index in [4.69, 9.17) is 10.1 Å². The number of carbonyl (C=O) groups excluding carboxylic acids is 7. The van der Waals surface area contributed by atoms with Gasteiger partial charge < -0.3 is 30.8 Å². The van der Waals surface area contributed by atoms with Gasteiger partial charge in [0.1, 0.15) is 22.8 Å². The molecule has 4 N–H and O–H groups in total. The molecule has 2 aromatic rings. The molecule has 0 spiro atoms. The number of aromatic nitrogens is 1. The van der Waals surface area contributed by atoms with Gasteiger partial charge in [0.25, 0.3) is 5.91 Å². The minimum absolute atomic E-state index is 0.0300. The molecule has 412 valence electrons. The van der Waals surface area contributed by atoms with Crippen molar-refractivity contribution in [3.05, 3.63) is 33.6 Å². The van der Waals surface area contributed by atoms with E-state index >= 15 is 4.79 Å². The number of ether oxygens (including phenoxy) is 1. The molecule has 2 saturated heterocycles. The summed E-state index contributed by atoms with van der Waals surface area (Å²) in [5, 5.41) is 26.5. The zero-order valence-electron chi connectivity index (χ0n) is 44.9. The van der Waals surface area contributed by atoms with Crippen LogP contribution in [-0.4, -0.2) is 145 Å². The number of carboxylic acids is 1. The lowest BCUT2D eigenvalue weighted by Gasteiger charge is -2.40. The predicted molar refractivity (Wildman–Crippen MR) is 294 cm³/mol. The van der Waals surface area contributed by atoms with Crippen molar-refractivity contribution in [2.45, 2.75) is 179 Å². The molecule has 4 heterocycles. The number of carbonyl (C=O) groups is 8. The highest BCUT2D eigenvalue weighted by atomic mass is 32.2. The summed E-state index contributed by atoms with van der Waals surface area (Å²) < 4.78 is 6.87. The van der Waals surface area contributed by atoms with E-state index in [1.165, 1.54) is 52.1 Å². The van der Waals surface area contributed by atoms with Crippen LogP contribution in [-0.2, 0) is 38.3 Å². The zero-order valence-corrected chi connectivity index (χ0v) is 48.1. The van der Waals surface area contributed by atoms with Gasteiger partial charge in [-0.3, -0.25) is 43.4 Å². The van der Waals surface area contributed by atoms with Crippen molar-refractivity contribution >= 4 is 99.2 Å². The Balaban J connectivity index is 1.61. The number of piperidine rings is 1. The Kier molecular flexibility index (Phi) is 26.2. The number of likely N-dealkylation sites (tertiary alicyclic amines) is 2. The maximum atomic E-state index is 15.3. The number of nitrogens with zero attached hydrogens (tertiary/aromatic N) is 4. The lowest BCUT2D eigenvalue weighted by atomic mass is 9.82. The van der Waals surface area contributed by atoms with Gasteiger partial charge in [-0.05, 0) is 93.5 Å². The lowest BCUT2D eigenvalue weighted by molar-refractivity contribution is -0.150. The number of ketones is 1. The highest BCUT2D eigenvalue weighted by Crippen LogP contribution is 2.35. The SMILES string of the molecule is CCC(=N)CCCSC1CC(=O)N(CCCCN(C(=O)[C@@H](CC(=O)[C@H]2CCCCN2C)[C@@H](C)CC)[C@H](C[C@@H](OC(C)=O)c2nc(C(=O)N[C@@H](CSc3cccs3)C(=O)NC(C(=O)O)C(C)CC)cs2)C(C)C)C1=O. The maximum Gasteiger partial charge on any atom is 0.326 e. The molecule has 5 amide bonds. The third kappa shape index (κ3) is 18.5. The molecule has 2 aliphatic rings. The van der Waals surface area contributed by atoms with Crippen LogP contribution in [0.15, 0.2) is 27.1 Å². The van der Waals surface area contributed by atoms with Crippen LogP contribution in [0, 0.1) is 29.1 Å². The molecule has 0 bridgehead atoms. The van der Waals surface area contributed by atoms with Crippen molar-refractivity contribution in [3.63, 3.8) is 0 Å². The normalized spacial score (nSPS) is 19.0. The largest absolute Gasteiger partial charge is 0.480 e. The molecule has 4 rings (SSSR count). The monoisotopic (exact) mass is 1100 g/mol. The molecular weight excluding hydrogens is 1020 g/mol. The van der Waals surface area contributed by atoms with Crippen molar-refractivity contribution in [2.24, 2.45) is 23.7 Å². The number of nitrogens with one attached hydrogen (secondary N) is 3. The van der Waals surface area contributed by atoms with Crippen LogP contribution in [0.4, 0.5) is 0 Å². The molecular formula is C53H81N7O10S4. The summed E-state index contributed by atoms with van der Waals surface area (Å²) in [6.07, 6.45) is 6.08. The van der Waals surface area contributed by atoms with Gasteiger partial charge in [0.15, 0.2) is 11.9 Å². The van der Waals surface area contributed by atoms with Gasteiger partial charge in [0.2, 0.25) is 23.6 Å². The molecule has 2 aromatic heterocycles. The first-order valence-corrected chi connectivity index (χ1v) is 30.2. The summed E-state index contributed by atoms with van der Waals surface area (Å²) in [5.41, 5.74) is 0.621. The minimum atomic E-state index is -1.18. The second-order valence-electron chi connectivity index (χ2n) is 20.1. The molecule has 0 aliphatic carbocycles. The second kappa shape index (κ2) is 31.1. The van der Waals surface area contributed by atoms with Crippen LogP contribution in [0.5, 0.6) is 0 Å². The summed E-state index contributed by atoms with van der Waals surface area (Å²) in [5.74, 6) is -4.34. The first-order valence-electron chi connectivity index (χ1n) is 26.4. The number of carboxylic acid groups (broad SMARTS) is 1. The van der Waals surface area contributed by atoms with Crippen LogP contribution in [0.3, 0.4) is 0 Å². The minimum Gasteiger partial charge on any atom is -0.480 e. The number of imide groups is 1. The van der Waals surface area contributed by atoms with Gasteiger partial charge in [0.05, 0.1) is 15.5 Å². The summed E-state index contributed by atoms with van der Waals surface area (Å²) in [7, 11) is 1.95. The Labute approximate surface area is 454 Å². The van der Waals surface area contributed by atoms with Crippen molar-refractivity contribution in [2.75, 3.05) is 38.2 Å². The number of unbranched alkanes of at least 4 members (excludes halogenated alkanes) is 1. The lowest BCUT2D eigenvalue weighted by Crippen LogP contribution is -2.54. The van der Waals surface area contributed by atoms with Crippen molar-refractivity contribution in [3.8, 4) is 0 Å². The number of likely N-dealkylation sites (N-methyl/N-ethyl adjacent to an activating group) is 1. The summed E-state index contributed by atoms with van der Waals surface area (Å²) in [6.45, 7) is 15.9. The number of rotatable bonds is 33. The van der Waals surface area contributed by atoms with Gasteiger partial charge in [0, 0.05) is 68.1 Å². The zero-order chi connectivity index (χ0) is 54.6. The van der Waals surface area contributed by atoms with Crippen LogP contribution < -0.4 is 10.6 Å². The van der Waals surface area contributed by atoms with Crippen molar-refractivity contribution < 1.29 is 48.2 Å². The third-order valence-corrected chi connectivity index (χ3v) is 18.8. The van der Waals surface area contributed by atoms with E-state index in [2.05, 4.69) is 20.5 Å². The summed E-state index contributed by atoms with van der Waals surface area (Å²) in [6, 6.07) is 0.596. The van der Waals surface area contributed by atoms with E-state index in [9.17, 15) is 38.7 Å². The average molecular weight is 1100 g/mol. The molecule has 0 aromatic carbocycles. The standard InChI is InChI=1S/C53H81N7O10S4/c1-10-33(6)37(27-42(62)40-20-13-14-22-58(40)9)51(66)59(23-15-16-24-60-45(63)29-44(52(60)67)71-25-17-19-36(54)12-3)41(32(4)5)28-43(70-35(8)61)50-56-39(31-74-50)48(64)55-38(30-73-46-21-18-26-72-46)49(65)57-47(53(68)69)34(7)11-2/h18,21,26,31-34,37-38,40-41,43-44,47,54H,10-17,19-20,22-25,27-30H2,1-9H3,(H,55,64)(H,57,65)(H,68,69)/t33-,34?,37-,38-,40+,41+,43+,44?,47?/m0/s1. The highest BCUT2D eigenvalue weighted by molar-refractivity contribution is 8.01. The fourth-order valence-electron chi connectivity index (χ4n) is 9.34. The van der Waals surface area contributed by atoms with E-state index in [1.54, 1.807) is 11.8 Å². The maximum absolute atomic E-state index is 15.3. The molecule has 21 heteroatoms. The molecule has 0 radical (unpaired) electrons. The predicted octanol–water partition coefficient (Wildman–Crippen LogP) is 8.51. The molecule has 0 saturated carbocycles. The Hall–Kier alpha value is -4.18. The highest BCUT2D eigenvalue weighted by Gasteiger charge is 2.41.